The van der Waals surface area contributed by atoms with Gasteiger partial charge in [0.15, 0.2) is 0 Å². The molecule has 0 N–H and O–H groups in total. The zero-order valence-corrected chi connectivity index (χ0v) is 22.3. The molecule has 4 unspecified atom stereocenters. The Morgan fingerprint density at radius 1 is 0.703 bits per heavy atom. The molecule has 2 heterocycles. The van der Waals surface area contributed by atoms with Crippen molar-refractivity contribution in [2.45, 2.75) is 71.0 Å². The summed E-state index contributed by atoms with van der Waals surface area (Å²) < 4.78 is 22.3. The summed E-state index contributed by atoms with van der Waals surface area (Å²) in [6, 6.07) is 13.3. The van der Waals surface area contributed by atoms with E-state index in [1.165, 1.54) is 78.3 Å². The average molecular weight is 501 g/mol. The Labute approximate surface area is 221 Å². The first-order chi connectivity index (χ1) is 18.1. The SMILES string of the molecule is Cc1cc(C2=CCC(CC3CC=C(c4ccc(OCC5CO5)c(C)c4)CC3)CC2)ccc1OCC1CO1. The van der Waals surface area contributed by atoms with Crippen molar-refractivity contribution in [3.63, 3.8) is 0 Å². The second kappa shape index (κ2) is 11.0. The number of hydrogen-bond acceptors (Lipinski definition) is 4. The van der Waals surface area contributed by atoms with Crippen molar-refractivity contribution in [1.82, 2.24) is 0 Å². The first-order valence-electron chi connectivity index (χ1n) is 14.2. The van der Waals surface area contributed by atoms with Crippen molar-refractivity contribution in [3.05, 3.63) is 70.8 Å². The smallest absolute Gasteiger partial charge is 0.122 e. The van der Waals surface area contributed by atoms with Gasteiger partial charge < -0.3 is 18.9 Å². The van der Waals surface area contributed by atoms with Crippen LogP contribution in [0.15, 0.2) is 48.6 Å². The molecule has 2 aromatic carbocycles. The third kappa shape index (κ3) is 6.48. The summed E-state index contributed by atoms with van der Waals surface area (Å²) in [4.78, 5) is 0. The molecule has 2 aliphatic carbocycles. The second-order valence-corrected chi connectivity index (χ2v) is 11.5. The Bertz CT molecular complexity index is 1080. The van der Waals surface area contributed by atoms with Crippen LogP contribution in [0, 0.1) is 25.7 Å². The van der Waals surface area contributed by atoms with Gasteiger partial charge in [-0.1, -0.05) is 24.3 Å². The molecule has 2 saturated heterocycles. The van der Waals surface area contributed by atoms with E-state index in [9.17, 15) is 0 Å². The fourth-order valence-corrected chi connectivity index (χ4v) is 5.92. The van der Waals surface area contributed by atoms with Crippen LogP contribution < -0.4 is 9.47 Å². The maximum Gasteiger partial charge on any atom is 0.122 e. The summed E-state index contributed by atoms with van der Waals surface area (Å²) in [5, 5.41) is 0. The Hall–Kier alpha value is -2.56. The van der Waals surface area contributed by atoms with Crippen LogP contribution in [-0.4, -0.2) is 38.6 Å². The second-order valence-electron chi connectivity index (χ2n) is 11.5. The molecule has 0 aromatic heterocycles. The van der Waals surface area contributed by atoms with Gasteiger partial charge in [0.05, 0.1) is 13.2 Å². The van der Waals surface area contributed by atoms with E-state index < -0.39 is 0 Å². The molecule has 6 rings (SSSR count). The van der Waals surface area contributed by atoms with Gasteiger partial charge in [-0.15, -0.1) is 0 Å². The van der Waals surface area contributed by atoms with Crippen LogP contribution in [0.1, 0.15) is 67.2 Å². The number of allylic oxidation sites excluding steroid dienone is 4. The lowest BCUT2D eigenvalue weighted by atomic mass is 9.77. The van der Waals surface area contributed by atoms with Gasteiger partial charge in [0, 0.05) is 0 Å². The number of rotatable bonds is 10. The van der Waals surface area contributed by atoms with Crippen LogP contribution in [-0.2, 0) is 9.47 Å². The zero-order valence-electron chi connectivity index (χ0n) is 22.3. The summed E-state index contributed by atoms with van der Waals surface area (Å²) in [7, 11) is 0. The molecule has 0 amide bonds. The Balaban J connectivity index is 0.989. The summed E-state index contributed by atoms with van der Waals surface area (Å²) in [6.07, 6.45) is 14.4. The minimum atomic E-state index is 0.298. The highest BCUT2D eigenvalue weighted by atomic mass is 16.6. The van der Waals surface area contributed by atoms with Crippen LogP contribution in [0.25, 0.3) is 11.1 Å². The minimum absolute atomic E-state index is 0.298. The van der Waals surface area contributed by atoms with E-state index >= 15 is 0 Å². The van der Waals surface area contributed by atoms with Crippen LogP contribution >= 0.6 is 0 Å². The summed E-state index contributed by atoms with van der Waals surface area (Å²) in [5.41, 5.74) is 8.18. The molecule has 4 atom stereocenters. The van der Waals surface area contributed by atoms with Gasteiger partial charge in [-0.25, -0.2) is 0 Å². The normalized spacial score (nSPS) is 26.8. The molecule has 4 heteroatoms. The number of hydrogen-bond donors (Lipinski definition) is 0. The van der Waals surface area contributed by atoms with E-state index in [-0.39, 0.29) is 0 Å². The largest absolute Gasteiger partial charge is 0.491 e. The molecule has 4 nitrogen and oxygen atoms in total. The molecule has 0 bridgehead atoms. The van der Waals surface area contributed by atoms with E-state index in [0.29, 0.717) is 25.4 Å². The highest BCUT2D eigenvalue weighted by Gasteiger charge is 2.25. The van der Waals surface area contributed by atoms with E-state index in [4.69, 9.17) is 18.9 Å². The lowest BCUT2D eigenvalue weighted by molar-refractivity contribution is 0.262. The van der Waals surface area contributed by atoms with E-state index in [0.717, 1.165) is 36.5 Å². The maximum atomic E-state index is 5.91. The van der Waals surface area contributed by atoms with Gasteiger partial charge in [-0.3, -0.25) is 0 Å². The summed E-state index contributed by atoms with van der Waals surface area (Å²) in [5.74, 6) is 3.61. The molecule has 4 aliphatic rings. The van der Waals surface area contributed by atoms with Gasteiger partial charge in [-0.2, -0.15) is 0 Å². The van der Waals surface area contributed by atoms with Crippen molar-refractivity contribution >= 4 is 11.1 Å². The van der Waals surface area contributed by atoms with Crippen molar-refractivity contribution in [3.8, 4) is 11.5 Å². The molecule has 2 aromatic rings. The highest BCUT2D eigenvalue weighted by Crippen LogP contribution is 2.39. The maximum absolute atomic E-state index is 5.91. The van der Waals surface area contributed by atoms with Crippen molar-refractivity contribution in [1.29, 1.82) is 0 Å². The van der Waals surface area contributed by atoms with Crippen molar-refractivity contribution in [2.24, 2.45) is 11.8 Å². The standard InChI is InChI=1S/C33H40O4/c1-22-15-28(11-13-32(22)36-20-30-18-34-30)26-7-3-24(4-8-26)17-25-5-9-27(10-6-25)29-12-14-33(23(2)16-29)37-21-31-19-35-31/h7,9,11-16,24-25,30-31H,3-6,8,10,17-21H2,1-2H3. The highest BCUT2D eigenvalue weighted by molar-refractivity contribution is 5.68. The zero-order chi connectivity index (χ0) is 25.2. The molecular formula is C33H40O4. The fraction of sp³-hybridized carbons (Fsp3) is 0.515. The summed E-state index contributed by atoms with van der Waals surface area (Å²) >= 11 is 0. The van der Waals surface area contributed by atoms with E-state index in [1.54, 1.807) is 0 Å². The van der Waals surface area contributed by atoms with Crippen LogP contribution in [0.4, 0.5) is 0 Å². The fourth-order valence-electron chi connectivity index (χ4n) is 5.92. The molecular weight excluding hydrogens is 460 g/mol. The van der Waals surface area contributed by atoms with Gasteiger partial charge in [0.1, 0.15) is 36.9 Å². The Morgan fingerprint density at radius 2 is 1.16 bits per heavy atom. The first-order valence-corrected chi connectivity index (χ1v) is 14.2. The summed E-state index contributed by atoms with van der Waals surface area (Å²) in [6.45, 7) is 7.31. The molecule has 196 valence electrons. The molecule has 0 radical (unpaired) electrons. The molecule has 2 fully saturated rings. The van der Waals surface area contributed by atoms with Crippen LogP contribution in [0.3, 0.4) is 0 Å². The van der Waals surface area contributed by atoms with E-state index in [2.05, 4.69) is 62.4 Å². The lowest BCUT2D eigenvalue weighted by Gasteiger charge is -2.29. The number of epoxide rings is 2. The molecule has 2 aliphatic heterocycles. The minimum Gasteiger partial charge on any atom is -0.491 e. The quantitative estimate of drug-likeness (QED) is 0.321. The first kappa shape index (κ1) is 24.8. The third-order valence-electron chi connectivity index (χ3n) is 8.45. The van der Waals surface area contributed by atoms with Crippen molar-refractivity contribution in [2.75, 3.05) is 26.4 Å². The lowest BCUT2D eigenvalue weighted by Crippen LogP contribution is -2.14. The van der Waals surface area contributed by atoms with Gasteiger partial charge in [0.25, 0.3) is 0 Å². The van der Waals surface area contributed by atoms with Gasteiger partial charge in [0.2, 0.25) is 0 Å². The topological polar surface area (TPSA) is 43.5 Å². The Morgan fingerprint density at radius 3 is 1.51 bits per heavy atom. The van der Waals surface area contributed by atoms with E-state index in [1.807, 2.05) is 0 Å². The average Bonchev–Trinajstić information content (AvgIpc) is 3.84. The third-order valence-corrected chi connectivity index (χ3v) is 8.45. The Kier molecular flexibility index (Phi) is 7.39. The number of ether oxygens (including phenoxy) is 4. The monoisotopic (exact) mass is 500 g/mol. The number of aryl methyl sites for hydroxylation is 2. The molecule has 0 saturated carbocycles. The van der Waals surface area contributed by atoms with Crippen LogP contribution in [0.2, 0.25) is 0 Å². The van der Waals surface area contributed by atoms with Gasteiger partial charge in [-0.05, 0) is 128 Å². The van der Waals surface area contributed by atoms with Gasteiger partial charge >= 0.3 is 0 Å². The molecule has 0 spiro atoms. The predicted molar refractivity (Wildman–Crippen MR) is 148 cm³/mol. The van der Waals surface area contributed by atoms with Crippen LogP contribution in [0.5, 0.6) is 11.5 Å². The number of benzene rings is 2. The van der Waals surface area contributed by atoms with Crippen molar-refractivity contribution < 1.29 is 18.9 Å². The molecule has 37 heavy (non-hydrogen) atoms. The predicted octanol–water partition coefficient (Wildman–Crippen LogP) is 7.32.